The molecule has 1 saturated heterocycles. The largest absolute Gasteiger partial charge is 0.360 e. The van der Waals surface area contributed by atoms with Gasteiger partial charge >= 0.3 is 0 Å². The zero-order chi connectivity index (χ0) is 16.5. The fourth-order valence-corrected chi connectivity index (χ4v) is 3.28. The number of nitrogens with zero attached hydrogens (tertiary/aromatic N) is 3. The number of piperidine rings is 1. The minimum atomic E-state index is -0.216. The Morgan fingerprint density at radius 1 is 1.29 bits per heavy atom. The lowest BCUT2D eigenvalue weighted by Gasteiger charge is -2.28. The number of hydrogen-bond acceptors (Lipinski definition) is 4. The molecule has 24 heavy (non-hydrogen) atoms. The standard InChI is InChI=1S/C17H20N6O/c1-23-6-4-11(5-7-23)13-10-18-14-2-3-15(21-16(13)14)22-17(24)12-8-19-20-9-12/h2-3,8-11,18H,4-7H2,1H3,(H,19,20)(H,21,22,24). The van der Waals surface area contributed by atoms with Crippen LogP contribution in [-0.2, 0) is 0 Å². The van der Waals surface area contributed by atoms with Crippen molar-refractivity contribution < 1.29 is 4.79 Å². The summed E-state index contributed by atoms with van der Waals surface area (Å²) in [5, 5.41) is 9.26. The molecule has 1 aliphatic rings. The molecule has 0 radical (unpaired) electrons. The van der Waals surface area contributed by atoms with Crippen LogP contribution in [0.15, 0.2) is 30.7 Å². The van der Waals surface area contributed by atoms with Crippen LogP contribution in [0.25, 0.3) is 11.0 Å². The van der Waals surface area contributed by atoms with Crippen LogP contribution in [0.3, 0.4) is 0 Å². The van der Waals surface area contributed by atoms with Crippen molar-refractivity contribution in [3.8, 4) is 0 Å². The molecule has 7 heteroatoms. The average molecular weight is 324 g/mol. The third-order valence-electron chi connectivity index (χ3n) is 4.71. The first-order valence-electron chi connectivity index (χ1n) is 8.17. The number of rotatable bonds is 3. The molecule has 124 valence electrons. The molecule has 0 aliphatic carbocycles. The summed E-state index contributed by atoms with van der Waals surface area (Å²) in [6, 6.07) is 3.78. The predicted molar refractivity (Wildman–Crippen MR) is 92.1 cm³/mol. The molecule has 0 atom stereocenters. The van der Waals surface area contributed by atoms with Crippen molar-refractivity contribution in [3.05, 3.63) is 41.9 Å². The van der Waals surface area contributed by atoms with Gasteiger partial charge in [-0.15, -0.1) is 0 Å². The maximum absolute atomic E-state index is 12.1. The van der Waals surface area contributed by atoms with E-state index in [1.54, 1.807) is 6.20 Å². The molecule has 0 bridgehead atoms. The molecule has 0 aromatic carbocycles. The number of likely N-dealkylation sites (tertiary alicyclic amines) is 1. The highest BCUT2D eigenvalue weighted by Crippen LogP contribution is 2.32. The summed E-state index contributed by atoms with van der Waals surface area (Å²) < 4.78 is 0. The second-order valence-electron chi connectivity index (χ2n) is 6.36. The lowest BCUT2D eigenvalue weighted by Crippen LogP contribution is -2.29. The third kappa shape index (κ3) is 2.78. The van der Waals surface area contributed by atoms with Gasteiger partial charge in [0.15, 0.2) is 0 Å². The van der Waals surface area contributed by atoms with E-state index < -0.39 is 0 Å². The van der Waals surface area contributed by atoms with Gasteiger partial charge in [0, 0.05) is 12.4 Å². The Kier molecular flexibility index (Phi) is 3.78. The summed E-state index contributed by atoms with van der Waals surface area (Å²) in [7, 11) is 2.16. The van der Waals surface area contributed by atoms with Crippen molar-refractivity contribution in [2.45, 2.75) is 18.8 Å². The number of nitrogens with one attached hydrogen (secondary N) is 3. The van der Waals surface area contributed by atoms with Crippen molar-refractivity contribution in [1.82, 2.24) is 25.1 Å². The van der Waals surface area contributed by atoms with E-state index in [-0.39, 0.29) is 5.91 Å². The minimum absolute atomic E-state index is 0.216. The van der Waals surface area contributed by atoms with Crippen molar-refractivity contribution in [2.75, 3.05) is 25.5 Å². The predicted octanol–water partition coefficient (Wildman–Crippen LogP) is 2.35. The number of hydrogen-bond donors (Lipinski definition) is 3. The van der Waals surface area contributed by atoms with Crippen LogP contribution in [0.1, 0.15) is 34.7 Å². The van der Waals surface area contributed by atoms with Crippen molar-refractivity contribution in [3.63, 3.8) is 0 Å². The van der Waals surface area contributed by atoms with Crippen LogP contribution in [-0.4, -0.2) is 51.1 Å². The first-order chi connectivity index (χ1) is 11.7. The van der Waals surface area contributed by atoms with Gasteiger partial charge in [-0.1, -0.05) is 0 Å². The van der Waals surface area contributed by atoms with Gasteiger partial charge in [-0.05, 0) is 56.6 Å². The number of fused-ring (bicyclic) bond motifs is 1. The normalized spacial score (nSPS) is 16.5. The Balaban J connectivity index is 1.60. The molecule has 0 saturated carbocycles. The number of amides is 1. The maximum Gasteiger partial charge on any atom is 0.259 e. The van der Waals surface area contributed by atoms with Crippen molar-refractivity contribution in [2.24, 2.45) is 0 Å². The van der Waals surface area contributed by atoms with Crippen molar-refractivity contribution in [1.29, 1.82) is 0 Å². The lowest BCUT2D eigenvalue weighted by atomic mass is 9.91. The summed E-state index contributed by atoms with van der Waals surface area (Å²) in [6.07, 6.45) is 7.39. The fraction of sp³-hybridized carbons (Fsp3) is 0.353. The number of pyridine rings is 1. The molecule has 3 aromatic rings. The van der Waals surface area contributed by atoms with Gasteiger partial charge in [0.1, 0.15) is 5.82 Å². The Morgan fingerprint density at radius 2 is 2.12 bits per heavy atom. The van der Waals surface area contributed by atoms with Gasteiger partial charge < -0.3 is 15.2 Å². The lowest BCUT2D eigenvalue weighted by molar-refractivity contribution is 0.102. The van der Waals surface area contributed by atoms with E-state index >= 15 is 0 Å². The quantitative estimate of drug-likeness (QED) is 0.690. The number of anilines is 1. The Hall–Kier alpha value is -2.67. The highest BCUT2D eigenvalue weighted by atomic mass is 16.1. The summed E-state index contributed by atoms with van der Waals surface area (Å²) in [6.45, 7) is 2.21. The molecule has 0 unspecified atom stereocenters. The molecule has 0 spiro atoms. The van der Waals surface area contributed by atoms with Crippen LogP contribution in [0.5, 0.6) is 0 Å². The molecular weight excluding hydrogens is 304 g/mol. The average Bonchev–Trinajstić information content (AvgIpc) is 3.25. The first kappa shape index (κ1) is 14.9. The summed E-state index contributed by atoms with van der Waals surface area (Å²) >= 11 is 0. The minimum Gasteiger partial charge on any atom is -0.360 e. The third-order valence-corrected chi connectivity index (χ3v) is 4.71. The smallest absolute Gasteiger partial charge is 0.259 e. The van der Waals surface area contributed by atoms with Crippen LogP contribution < -0.4 is 5.32 Å². The summed E-state index contributed by atoms with van der Waals surface area (Å²) in [5.74, 6) is 0.858. The number of aromatic nitrogens is 4. The van der Waals surface area contributed by atoms with Crippen LogP contribution >= 0.6 is 0 Å². The number of H-pyrrole nitrogens is 2. The van der Waals surface area contributed by atoms with Crippen LogP contribution in [0.4, 0.5) is 5.82 Å². The number of carbonyl (C=O) groups is 1. The number of aromatic amines is 2. The molecule has 1 aliphatic heterocycles. The SMILES string of the molecule is CN1CCC(c2c[nH]c3ccc(NC(=O)c4cn[nH]c4)nc23)CC1. The van der Waals surface area contributed by atoms with Crippen LogP contribution in [0.2, 0.25) is 0 Å². The van der Waals surface area contributed by atoms with E-state index in [2.05, 4.69) is 43.6 Å². The van der Waals surface area contributed by atoms with E-state index in [0.29, 0.717) is 17.3 Å². The topological polar surface area (TPSA) is 89.7 Å². The zero-order valence-corrected chi connectivity index (χ0v) is 13.5. The van der Waals surface area contributed by atoms with E-state index in [4.69, 9.17) is 0 Å². The van der Waals surface area contributed by atoms with Gasteiger partial charge in [0.25, 0.3) is 5.91 Å². The van der Waals surface area contributed by atoms with Gasteiger partial charge in [-0.2, -0.15) is 5.10 Å². The van der Waals surface area contributed by atoms with Crippen LogP contribution in [0, 0.1) is 0 Å². The van der Waals surface area contributed by atoms with Gasteiger partial charge in [0.05, 0.1) is 22.8 Å². The summed E-state index contributed by atoms with van der Waals surface area (Å²) in [5.41, 5.74) is 3.69. The molecule has 4 rings (SSSR count). The van der Waals surface area contributed by atoms with Crippen molar-refractivity contribution >= 4 is 22.8 Å². The molecule has 3 N–H and O–H groups in total. The van der Waals surface area contributed by atoms with Gasteiger partial charge in [-0.25, -0.2) is 4.98 Å². The zero-order valence-electron chi connectivity index (χ0n) is 13.5. The second kappa shape index (κ2) is 6.09. The highest BCUT2D eigenvalue weighted by Gasteiger charge is 2.22. The molecule has 3 aromatic heterocycles. The molecule has 1 amide bonds. The Bertz CT molecular complexity index is 845. The Labute approximate surface area is 139 Å². The van der Waals surface area contributed by atoms with E-state index in [1.165, 1.54) is 11.8 Å². The fourth-order valence-electron chi connectivity index (χ4n) is 3.28. The number of carbonyl (C=O) groups excluding carboxylic acids is 1. The Morgan fingerprint density at radius 3 is 2.88 bits per heavy atom. The van der Waals surface area contributed by atoms with Gasteiger partial charge in [0.2, 0.25) is 0 Å². The van der Waals surface area contributed by atoms with E-state index in [9.17, 15) is 4.79 Å². The maximum atomic E-state index is 12.1. The molecule has 7 nitrogen and oxygen atoms in total. The summed E-state index contributed by atoms with van der Waals surface area (Å²) in [4.78, 5) is 22.5. The molecule has 4 heterocycles. The van der Waals surface area contributed by atoms with E-state index in [0.717, 1.165) is 37.0 Å². The first-order valence-corrected chi connectivity index (χ1v) is 8.17. The molecular formula is C17H20N6O. The van der Waals surface area contributed by atoms with E-state index in [1.807, 2.05) is 12.1 Å². The monoisotopic (exact) mass is 324 g/mol. The molecule has 1 fully saturated rings. The highest BCUT2D eigenvalue weighted by molar-refractivity contribution is 6.03. The second-order valence-corrected chi connectivity index (χ2v) is 6.36. The van der Waals surface area contributed by atoms with Gasteiger partial charge in [-0.3, -0.25) is 9.89 Å².